The van der Waals surface area contributed by atoms with Crippen molar-refractivity contribution in [3.8, 4) is 17.2 Å². The lowest BCUT2D eigenvalue weighted by Crippen LogP contribution is -2.21. The maximum atomic E-state index is 12.0. The summed E-state index contributed by atoms with van der Waals surface area (Å²) < 4.78 is 48.1. The van der Waals surface area contributed by atoms with E-state index in [1.807, 2.05) is 19.1 Å². The first-order valence-electron chi connectivity index (χ1n) is 9.04. The monoisotopic (exact) mass is 442 g/mol. The van der Waals surface area contributed by atoms with Gasteiger partial charge in [-0.15, -0.1) is 0 Å². The van der Waals surface area contributed by atoms with Crippen LogP contribution < -0.4 is 25.3 Å². The number of halogens is 3. The van der Waals surface area contributed by atoms with Crippen LogP contribution in [0.15, 0.2) is 42.5 Å². The smallest absolute Gasteiger partial charge is 0.486 e. The van der Waals surface area contributed by atoms with E-state index < -0.39 is 12.1 Å². The number of alkyl halides is 3. The summed E-state index contributed by atoms with van der Waals surface area (Å²) in [6.07, 6.45) is -5.08. The number of hydrogen-bond acceptors (Lipinski definition) is 6. The number of amides is 1. The Balaban J connectivity index is 0.000000423. The molecule has 1 atom stereocenters. The first-order valence-corrected chi connectivity index (χ1v) is 9.04. The van der Waals surface area contributed by atoms with Gasteiger partial charge in [0.05, 0.1) is 0 Å². The number of carbonyl (C=O) groups is 2. The number of rotatable bonds is 5. The highest BCUT2D eigenvalue weighted by molar-refractivity contribution is 5.92. The molecule has 8 nitrogen and oxygen atoms in total. The molecule has 3 rings (SSSR count). The fraction of sp³-hybridized carbons (Fsp3) is 0.300. The van der Waals surface area contributed by atoms with Gasteiger partial charge in [-0.2, -0.15) is 13.2 Å². The van der Waals surface area contributed by atoms with E-state index >= 15 is 0 Å². The van der Waals surface area contributed by atoms with Gasteiger partial charge < -0.3 is 30.4 Å². The standard InChI is InChI=1S/C18H20N2O4.C2HF3O2/c1-12(19)13-2-5-15(6-3-13)24-11-18(21)20-14-4-7-16-17(10-14)23-9-8-22-16;3-2(4,5)1(6)7/h2-7,10,12H,8-9,11,19H2,1H3,(H,20,21);(H,6,7). The van der Waals surface area contributed by atoms with Gasteiger partial charge in [-0.1, -0.05) is 12.1 Å². The van der Waals surface area contributed by atoms with Crippen LogP contribution in [0.25, 0.3) is 0 Å². The van der Waals surface area contributed by atoms with E-state index in [0.29, 0.717) is 36.1 Å². The quantitative estimate of drug-likeness (QED) is 0.651. The minimum Gasteiger partial charge on any atom is -0.486 e. The Morgan fingerprint density at radius 1 is 1.13 bits per heavy atom. The number of fused-ring (bicyclic) bond motifs is 1. The van der Waals surface area contributed by atoms with Gasteiger partial charge >= 0.3 is 12.1 Å². The van der Waals surface area contributed by atoms with Crippen LogP contribution in [0.5, 0.6) is 17.2 Å². The maximum absolute atomic E-state index is 12.0. The van der Waals surface area contributed by atoms with Crippen molar-refractivity contribution in [2.75, 3.05) is 25.1 Å². The van der Waals surface area contributed by atoms with E-state index in [-0.39, 0.29) is 18.6 Å². The maximum Gasteiger partial charge on any atom is 0.490 e. The van der Waals surface area contributed by atoms with Crippen molar-refractivity contribution >= 4 is 17.6 Å². The number of ether oxygens (including phenoxy) is 3. The van der Waals surface area contributed by atoms with Gasteiger partial charge in [0.15, 0.2) is 18.1 Å². The summed E-state index contributed by atoms with van der Waals surface area (Å²) in [6, 6.07) is 12.6. The van der Waals surface area contributed by atoms with Crippen LogP contribution in [-0.2, 0) is 9.59 Å². The SMILES string of the molecule is CC(N)c1ccc(OCC(=O)Nc2ccc3c(c2)OCCO3)cc1.O=C(O)C(F)(F)F. The Labute approximate surface area is 175 Å². The zero-order valence-electron chi connectivity index (χ0n) is 16.4. The molecule has 168 valence electrons. The number of hydrogen-bond donors (Lipinski definition) is 3. The van der Waals surface area contributed by atoms with E-state index in [1.165, 1.54) is 0 Å². The third-order valence-corrected chi connectivity index (χ3v) is 3.84. The second kappa shape index (κ2) is 10.5. The van der Waals surface area contributed by atoms with Gasteiger partial charge in [0.1, 0.15) is 19.0 Å². The molecule has 0 fully saturated rings. The number of aliphatic carboxylic acids is 1. The van der Waals surface area contributed by atoms with E-state index in [9.17, 15) is 18.0 Å². The van der Waals surface area contributed by atoms with E-state index in [1.54, 1.807) is 30.3 Å². The second-order valence-electron chi connectivity index (χ2n) is 6.36. The Kier molecular flexibility index (Phi) is 8.08. The summed E-state index contributed by atoms with van der Waals surface area (Å²) in [6.45, 7) is 2.88. The highest BCUT2D eigenvalue weighted by Crippen LogP contribution is 2.32. The third kappa shape index (κ3) is 7.70. The number of carboxylic acid groups (broad SMARTS) is 1. The molecule has 2 aromatic carbocycles. The molecule has 1 aliphatic rings. The highest BCUT2D eigenvalue weighted by Gasteiger charge is 2.38. The van der Waals surface area contributed by atoms with Crippen molar-refractivity contribution < 1.29 is 42.1 Å². The van der Waals surface area contributed by atoms with Gasteiger partial charge in [-0.25, -0.2) is 4.79 Å². The van der Waals surface area contributed by atoms with E-state index in [2.05, 4.69) is 5.32 Å². The molecule has 0 aliphatic carbocycles. The highest BCUT2D eigenvalue weighted by atomic mass is 19.4. The molecule has 2 aromatic rings. The van der Waals surface area contributed by atoms with Crippen LogP contribution in [0.4, 0.5) is 18.9 Å². The first kappa shape index (κ1) is 23.8. The van der Waals surface area contributed by atoms with Gasteiger partial charge in [0.2, 0.25) is 0 Å². The zero-order valence-corrected chi connectivity index (χ0v) is 16.4. The minimum atomic E-state index is -5.08. The summed E-state index contributed by atoms with van der Waals surface area (Å²) in [5.74, 6) is -1.07. The predicted octanol–water partition coefficient (Wildman–Crippen LogP) is 3.13. The molecule has 1 heterocycles. The number of carboxylic acids is 1. The molecule has 0 saturated heterocycles. The first-order chi connectivity index (χ1) is 14.6. The number of anilines is 1. The van der Waals surface area contributed by atoms with E-state index in [4.69, 9.17) is 29.8 Å². The van der Waals surface area contributed by atoms with Crippen LogP contribution in [0, 0.1) is 0 Å². The van der Waals surface area contributed by atoms with Gasteiger partial charge in [-0.05, 0) is 36.8 Å². The largest absolute Gasteiger partial charge is 0.490 e. The van der Waals surface area contributed by atoms with Crippen molar-refractivity contribution in [1.29, 1.82) is 0 Å². The fourth-order valence-corrected chi connectivity index (χ4v) is 2.33. The van der Waals surface area contributed by atoms with Gasteiger partial charge in [-0.3, -0.25) is 4.79 Å². The van der Waals surface area contributed by atoms with Crippen LogP contribution in [0.1, 0.15) is 18.5 Å². The van der Waals surface area contributed by atoms with Crippen LogP contribution >= 0.6 is 0 Å². The molecule has 0 radical (unpaired) electrons. The molecule has 0 spiro atoms. The molecule has 31 heavy (non-hydrogen) atoms. The number of carbonyl (C=O) groups excluding carboxylic acids is 1. The normalized spacial score (nSPS) is 13.3. The van der Waals surface area contributed by atoms with Crippen LogP contribution in [-0.4, -0.2) is 43.0 Å². The zero-order chi connectivity index (χ0) is 23.0. The number of nitrogens with one attached hydrogen (secondary N) is 1. The lowest BCUT2D eigenvalue weighted by Gasteiger charge is -2.19. The Morgan fingerprint density at radius 3 is 2.26 bits per heavy atom. The topological polar surface area (TPSA) is 120 Å². The summed E-state index contributed by atoms with van der Waals surface area (Å²) in [4.78, 5) is 20.9. The minimum absolute atomic E-state index is 0.0300. The van der Waals surface area contributed by atoms with Crippen molar-refractivity contribution in [2.24, 2.45) is 5.73 Å². The van der Waals surface area contributed by atoms with Gasteiger partial charge in [0.25, 0.3) is 5.91 Å². The summed E-state index contributed by atoms with van der Waals surface area (Å²) >= 11 is 0. The number of benzene rings is 2. The Hall–Kier alpha value is -3.47. The Morgan fingerprint density at radius 2 is 1.71 bits per heavy atom. The van der Waals surface area contributed by atoms with Crippen LogP contribution in [0.3, 0.4) is 0 Å². The molecule has 1 aliphatic heterocycles. The summed E-state index contributed by atoms with van der Waals surface area (Å²) in [7, 11) is 0. The summed E-state index contributed by atoms with van der Waals surface area (Å²) in [5.41, 5.74) is 7.45. The van der Waals surface area contributed by atoms with Gasteiger partial charge in [0, 0.05) is 17.8 Å². The average Bonchev–Trinajstić information content (AvgIpc) is 2.72. The van der Waals surface area contributed by atoms with E-state index in [0.717, 1.165) is 5.56 Å². The lowest BCUT2D eigenvalue weighted by molar-refractivity contribution is -0.192. The van der Waals surface area contributed by atoms with Crippen molar-refractivity contribution in [3.05, 3.63) is 48.0 Å². The number of nitrogens with two attached hydrogens (primary N) is 1. The molecule has 4 N–H and O–H groups in total. The molecule has 0 bridgehead atoms. The van der Waals surface area contributed by atoms with Crippen molar-refractivity contribution in [2.45, 2.75) is 19.1 Å². The fourth-order valence-electron chi connectivity index (χ4n) is 2.33. The Bertz CT molecular complexity index is 901. The molecule has 1 amide bonds. The molecule has 0 aromatic heterocycles. The summed E-state index contributed by atoms with van der Waals surface area (Å²) in [5, 5.41) is 9.90. The lowest BCUT2D eigenvalue weighted by atomic mass is 10.1. The average molecular weight is 442 g/mol. The molecular weight excluding hydrogens is 421 g/mol. The third-order valence-electron chi connectivity index (χ3n) is 3.84. The van der Waals surface area contributed by atoms with Crippen molar-refractivity contribution in [1.82, 2.24) is 0 Å². The molecular formula is C20H21F3N2O6. The van der Waals surface area contributed by atoms with Crippen molar-refractivity contribution in [3.63, 3.8) is 0 Å². The predicted molar refractivity (Wildman–Crippen MR) is 104 cm³/mol. The van der Waals surface area contributed by atoms with Crippen LogP contribution in [0.2, 0.25) is 0 Å². The molecule has 1 unspecified atom stereocenters. The molecule has 0 saturated carbocycles. The second-order valence-corrected chi connectivity index (χ2v) is 6.36. The molecule has 11 heteroatoms.